The van der Waals surface area contributed by atoms with Crippen LogP contribution in [0.4, 0.5) is 0 Å². The van der Waals surface area contributed by atoms with Crippen molar-refractivity contribution >= 4 is 11.4 Å². The van der Waals surface area contributed by atoms with Crippen LogP contribution in [0.1, 0.15) is 30.3 Å². The number of hydrogen-bond acceptors (Lipinski definition) is 3. The maximum absolute atomic E-state index is 12.8. The number of pyridine rings is 1. The summed E-state index contributed by atoms with van der Waals surface area (Å²) in [5, 5.41) is 4.60. The van der Waals surface area contributed by atoms with Crippen LogP contribution in [0, 0.1) is 0 Å². The maximum atomic E-state index is 12.8. The molecule has 5 rings (SSSR count). The summed E-state index contributed by atoms with van der Waals surface area (Å²) in [6, 6.07) is 18.3. The average molecular weight is 400 g/mol. The first-order valence-corrected chi connectivity index (χ1v) is 10.3. The number of hydrogen-bond donors (Lipinski definition) is 0. The molecule has 0 bridgehead atoms. The molecule has 1 aliphatic heterocycles. The summed E-state index contributed by atoms with van der Waals surface area (Å²) in [4.78, 5) is 14.8. The van der Waals surface area contributed by atoms with Crippen LogP contribution < -0.4 is 4.74 Å². The molecule has 4 aromatic rings. The number of carbonyl (C=O) groups is 1. The third-order valence-electron chi connectivity index (χ3n) is 5.89. The lowest BCUT2D eigenvalue weighted by Crippen LogP contribution is -2.33. The second-order valence-electron chi connectivity index (χ2n) is 7.77. The summed E-state index contributed by atoms with van der Waals surface area (Å²) in [5.41, 5.74) is 3.71. The smallest absolute Gasteiger partial charge is 0.274 e. The monoisotopic (exact) mass is 400 g/mol. The lowest BCUT2D eigenvalue weighted by atomic mass is 10.1. The molecule has 3 aromatic heterocycles. The Morgan fingerprint density at radius 3 is 2.77 bits per heavy atom. The lowest BCUT2D eigenvalue weighted by Gasteiger charge is -2.19. The van der Waals surface area contributed by atoms with Crippen molar-refractivity contribution in [2.45, 2.75) is 25.8 Å². The normalized spacial score (nSPS) is 16.3. The number of rotatable bonds is 4. The number of likely N-dealkylation sites (tertiary alicyclic amines) is 1. The highest BCUT2D eigenvalue weighted by atomic mass is 16.5. The fourth-order valence-corrected chi connectivity index (χ4v) is 4.19. The molecule has 0 unspecified atom stereocenters. The average Bonchev–Trinajstić information content (AvgIpc) is 3.52. The summed E-state index contributed by atoms with van der Waals surface area (Å²) in [7, 11) is 1.67. The fraction of sp³-hybridized carbons (Fsp3) is 0.250. The zero-order chi connectivity index (χ0) is 20.7. The number of nitrogens with zero attached hydrogens (tertiary/aromatic N) is 4. The van der Waals surface area contributed by atoms with E-state index in [1.165, 1.54) is 0 Å². The van der Waals surface area contributed by atoms with E-state index < -0.39 is 0 Å². The second kappa shape index (κ2) is 7.37. The van der Waals surface area contributed by atoms with Gasteiger partial charge in [0.1, 0.15) is 11.6 Å². The minimum Gasteiger partial charge on any atom is -0.497 e. The van der Waals surface area contributed by atoms with Crippen LogP contribution in [0.25, 0.3) is 22.5 Å². The zero-order valence-electron chi connectivity index (χ0n) is 17.2. The van der Waals surface area contributed by atoms with E-state index in [9.17, 15) is 4.79 Å². The van der Waals surface area contributed by atoms with E-state index in [-0.39, 0.29) is 11.9 Å². The van der Waals surface area contributed by atoms with Gasteiger partial charge < -0.3 is 14.0 Å². The molecule has 0 spiro atoms. The molecule has 6 heteroatoms. The first-order chi connectivity index (χ1) is 14.6. The third-order valence-corrected chi connectivity index (χ3v) is 5.89. The van der Waals surface area contributed by atoms with Gasteiger partial charge in [0.2, 0.25) is 0 Å². The fourth-order valence-electron chi connectivity index (χ4n) is 4.19. The largest absolute Gasteiger partial charge is 0.497 e. The Hall–Kier alpha value is -3.54. The van der Waals surface area contributed by atoms with Crippen LogP contribution >= 0.6 is 0 Å². The van der Waals surface area contributed by atoms with Crippen LogP contribution in [0.5, 0.6) is 5.75 Å². The van der Waals surface area contributed by atoms with Gasteiger partial charge in [0.05, 0.1) is 7.11 Å². The van der Waals surface area contributed by atoms with Gasteiger partial charge in [-0.2, -0.15) is 5.10 Å². The number of fused-ring (bicyclic) bond motifs is 1. The van der Waals surface area contributed by atoms with Crippen molar-refractivity contribution in [3.63, 3.8) is 0 Å². The number of carbonyl (C=O) groups excluding carboxylic acids is 1. The third kappa shape index (κ3) is 3.14. The van der Waals surface area contributed by atoms with E-state index in [1.54, 1.807) is 17.9 Å². The Morgan fingerprint density at radius 1 is 1.10 bits per heavy atom. The van der Waals surface area contributed by atoms with Gasteiger partial charge in [-0.1, -0.05) is 18.2 Å². The van der Waals surface area contributed by atoms with Crippen LogP contribution in [-0.2, 0) is 0 Å². The summed E-state index contributed by atoms with van der Waals surface area (Å²) >= 11 is 0. The van der Waals surface area contributed by atoms with Crippen LogP contribution in [0.3, 0.4) is 0 Å². The molecule has 1 amide bonds. The highest BCUT2D eigenvalue weighted by molar-refractivity contribution is 5.92. The lowest BCUT2D eigenvalue weighted by molar-refractivity contribution is 0.0741. The Labute approximate surface area is 175 Å². The molecule has 4 heterocycles. The molecule has 6 nitrogen and oxygen atoms in total. The van der Waals surface area contributed by atoms with Crippen molar-refractivity contribution in [2.24, 2.45) is 0 Å². The molecule has 152 valence electrons. The van der Waals surface area contributed by atoms with E-state index >= 15 is 0 Å². The van der Waals surface area contributed by atoms with Crippen molar-refractivity contribution in [3.8, 4) is 22.7 Å². The summed E-state index contributed by atoms with van der Waals surface area (Å²) in [5.74, 6) is 1.73. The Balaban J connectivity index is 1.51. The minimum atomic E-state index is 0.0108. The number of benzene rings is 1. The Bertz CT molecular complexity index is 1220. The zero-order valence-corrected chi connectivity index (χ0v) is 17.2. The predicted octanol–water partition coefficient (Wildman–Crippen LogP) is 4.43. The second-order valence-corrected chi connectivity index (χ2v) is 7.77. The van der Waals surface area contributed by atoms with Crippen LogP contribution in [0.15, 0.2) is 67.0 Å². The molecular formula is C24H24N4O2. The number of ether oxygens (including phenoxy) is 1. The van der Waals surface area contributed by atoms with Gasteiger partial charge in [-0.15, -0.1) is 0 Å². The molecule has 1 atom stereocenters. The van der Waals surface area contributed by atoms with Gasteiger partial charge in [-0.05, 0) is 67.3 Å². The number of methoxy groups -OCH3 is 1. The van der Waals surface area contributed by atoms with Gasteiger partial charge in [0.25, 0.3) is 5.91 Å². The molecule has 0 saturated carbocycles. The molecular weight excluding hydrogens is 376 g/mol. The molecule has 0 radical (unpaired) electrons. The van der Waals surface area contributed by atoms with Crippen molar-refractivity contribution in [2.75, 3.05) is 13.7 Å². The molecule has 1 aromatic carbocycles. The van der Waals surface area contributed by atoms with E-state index in [0.717, 1.165) is 47.6 Å². The van der Waals surface area contributed by atoms with E-state index in [0.29, 0.717) is 5.69 Å². The summed E-state index contributed by atoms with van der Waals surface area (Å²) < 4.78 is 9.23. The first-order valence-electron chi connectivity index (χ1n) is 10.3. The molecule has 1 aliphatic rings. The van der Waals surface area contributed by atoms with Crippen molar-refractivity contribution in [1.29, 1.82) is 0 Å². The molecule has 1 saturated heterocycles. The highest BCUT2D eigenvalue weighted by Crippen LogP contribution is 2.26. The summed E-state index contributed by atoms with van der Waals surface area (Å²) in [6.07, 6.45) is 6.06. The number of amides is 1. The minimum absolute atomic E-state index is 0.0108. The quantitative estimate of drug-likeness (QED) is 0.509. The standard InChI is InChI=1S/C24H24N4O2/c1-17-5-4-13-26(17)24(29)22-12-14-28(25-22)23-11-10-20-9-8-19(16-27(20)23)18-6-3-7-21(15-18)30-2/h3,6-12,14-17H,4-5,13H2,1-2H3/t17-/m1/s1. The van der Waals surface area contributed by atoms with E-state index in [1.807, 2.05) is 35.4 Å². The van der Waals surface area contributed by atoms with Gasteiger partial charge in [0.15, 0.2) is 5.69 Å². The predicted molar refractivity (Wildman–Crippen MR) is 116 cm³/mol. The van der Waals surface area contributed by atoms with E-state index in [4.69, 9.17) is 4.74 Å². The van der Waals surface area contributed by atoms with Crippen molar-refractivity contribution in [1.82, 2.24) is 19.1 Å². The van der Waals surface area contributed by atoms with Gasteiger partial charge >= 0.3 is 0 Å². The molecule has 0 aliphatic carbocycles. The molecule has 1 fully saturated rings. The number of aromatic nitrogens is 3. The van der Waals surface area contributed by atoms with Crippen LogP contribution in [0.2, 0.25) is 0 Å². The van der Waals surface area contributed by atoms with Crippen molar-refractivity contribution < 1.29 is 9.53 Å². The molecule has 30 heavy (non-hydrogen) atoms. The summed E-state index contributed by atoms with van der Waals surface area (Å²) in [6.45, 7) is 2.91. The highest BCUT2D eigenvalue weighted by Gasteiger charge is 2.27. The maximum Gasteiger partial charge on any atom is 0.274 e. The van der Waals surface area contributed by atoms with Crippen LogP contribution in [-0.4, -0.2) is 44.7 Å². The SMILES string of the molecule is COc1cccc(-c2ccc3ccc(-n4ccc(C(=O)N5CCC[C@H]5C)n4)n3c2)c1. The first kappa shape index (κ1) is 18.5. The Morgan fingerprint density at radius 2 is 1.97 bits per heavy atom. The topological polar surface area (TPSA) is 51.8 Å². The van der Waals surface area contributed by atoms with Gasteiger partial charge in [0, 0.05) is 30.5 Å². The molecule has 0 N–H and O–H groups in total. The van der Waals surface area contributed by atoms with Gasteiger partial charge in [-0.25, -0.2) is 4.68 Å². The van der Waals surface area contributed by atoms with E-state index in [2.05, 4.69) is 46.9 Å². The van der Waals surface area contributed by atoms with Gasteiger partial charge in [-0.3, -0.25) is 4.79 Å². The Kier molecular flexibility index (Phi) is 4.54. The van der Waals surface area contributed by atoms with Crippen molar-refractivity contribution in [3.05, 3.63) is 72.7 Å².